The molecule has 0 unspecified atom stereocenters. The van der Waals surface area contributed by atoms with Crippen molar-refractivity contribution in [2.45, 2.75) is 11.7 Å². The molecular weight excluding hydrogens is 312 g/mol. The molecule has 0 saturated carbocycles. The van der Waals surface area contributed by atoms with Gasteiger partial charge in [0.15, 0.2) is 0 Å². The van der Waals surface area contributed by atoms with Crippen LogP contribution in [0.3, 0.4) is 0 Å². The second kappa shape index (κ2) is 7.00. The summed E-state index contributed by atoms with van der Waals surface area (Å²) in [5, 5.41) is 1.30. The molecule has 0 spiro atoms. The Hall–Kier alpha value is -2.08. The maximum absolute atomic E-state index is 12.6. The minimum atomic E-state index is -0.226. The van der Waals surface area contributed by atoms with Crippen LogP contribution in [0.5, 0.6) is 0 Å². The van der Waals surface area contributed by atoms with Crippen LogP contribution in [0, 0.1) is 0 Å². The summed E-state index contributed by atoms with van der Waals surface area (Å²) in [6, 6.07) is 11.5. The highest BCUT2D eigenvalue weighted by Gasteiger charge is 2.28. The number of carbonyl (C=O) groups excluding carboxylic acids is 2. The Bertz CT molecular complexity index is 735. The number of nitrogens with zero attached hydrogens (tertiary/aromatic N) is 2. The summed E-state index contributed by atoms with van der Waals surface area (Å²) in [5.41, 5.74) is 1.30. The number of carbonyl (C=O) groups is 2. The van der Waals surface area contributed by atoms with Crippen molar-refractivity contribution in [1.82, 2.24) is 9.88 Å². The molecule has 1 aromatic carbocycles. The highest BCUT2D eigenvalue weighted by atomic mass is 32.2. The van der Waals surface area contributed by atoms with E-state index in [2.05, 4.69) is 9.72 Å². The average molecular weight is 330 g/mol. The summed E-state index contributed by atoms with van der Waals surface area (Å²) in [7, 11) is 1.39. The van der Waals surface area contributed by atoms with Crippen molar-refractivity contribution in [3.8, 4) is 0 Å². The zero-order chi connectivity index (χ0) is 16.2. The molecule has 0 radical (unpaired) electrons. The van der Waals surface area contributed by atoms with Crippen molar-refractivity contribution in [3.05, 3.63) is 42.1 Å². The predicted molar refractivity (Wildman–Crippen MR) is 90.5 cm³/mol. The lowest BCUT2D eigenvalue weighted by molar-refractivity contribution is -0.137. The summed E-state index contributed by atoms with van der Waals surface area (Å²) in [4.78, 5) is 30.1. The fourth-order valence-corrected chi connectivity index (χ4v) is 3.69. The van der Waals surface area contributed by atoms with E-state index >= 15 is 0 Å². The number of pyridine rings is 1. The molecule has 0 N–H and O–H groups in total. The van der Waals surface area contributed by atoms with Crippen molar-refractivity contribution in [2.24, 2.45) is 0 Å². The molecule has 2 heterocycles. The Morgan fingerprint density at radius 1 is 1.30 bits per heavy atom. The molecule has 1 aromatic heterocycles. The number of amides is 1. The van der Waals surface area contributed by atoms with Crippen molar-refractivity contribution in [1.29, 1.82) is 0 Å². The topological polar surface area (TPSA) is 59.5 Å². The lowest BCUT2D eigenvalue weighted by atomic mass is 10.2. The zero-order valence-corrected chi connectivity index (χ0v) is 13.7. The molecule has 1 fully saturated rings. The largest absolute Gasteiger partial charge is 0.468 e. The third-order valence-electron chi connectivity index (χ3n) is 3.91. The number of thioether (sulfide) groups is 1. The van der Waals surface area contributed by atoms with Gasteiger partial charge in [-0.25, -0.2) is 4.98 Å². The number of rotatable bonds is 4. The Balaban J connectivity index is 1.65. The van der Waals surface area contributed by atoms with Crippen LogP contribution in [0.1, 0.15) is 16.9 Å². The number of para-hydroxylation sites is 1. The Morgan fingerprint density at radius 2 is 2.13 bits per heavy atom. The Labute approximate surface area is 139 Å². The highest BCUT2D eigenvalue weighted by molar-refractivity contribution is 8.00. The molecule has 120 valence electrons. The Morgan fingerprint density at radius 3 is 2.96 bits per heavy atom. The first-order valence-electron chi connectivity index (χ1n) is 7.51. The molecule has 1 aliphatic heterocycles. The number of hydrogen-bond donors (Lipinski definition) is 0. The van der Waals surface area contributed by atoms with Crippen LogP contribution in [0.15, 0.2) is 36.4 Å². The van der Waals surface area contributed by atoms with Crippen LogP contribution < -0.4 is 0 Å². The summed E-state index contributed by atoms with van der Waals surface area (Å²) in [6.45, 7) is 1.35. The fraction of sp³-hybridized carbons (Fsp3) is 0.353. The minimum absolute atomic E-state index is 0.0445. The fourth-order valence-electron chi connectivity index (χ4n) is 2.64. The number of methoxy groups -OCH3 is 1. The van der Waals surface area contributed by atoms with E-state index in [9.17, 15) is 9.59 Å². The number of likely N-dealkylation sites (tertiary alicyclic amines) is 1. The van der Waals surface area contributed by atoms with Crippen molar-refractivity contribution in [2.75, 3.05) is 26.0 Å². The van der Waals surface area contributed by atoms with E-state index in [1.54, 1.807) is 17.8 Å². The van der Waals surface area contributed by atoms with Gasteiger partial charge in [-0.15, -0.1) is 11.8 Å². The van der Waals surface area contributed by atoms with Gasteiger partial charge in [0.1, 0.15) is 5.69 Å². The molecule has 1 atom stereocenters. The summed E-state index contributed by atoms with van der Waals surface area (Å²) in [5.74, 6) is 0.0603. The quantitative estimate of drug-likeness (QED) is 0.806. The van der Waals surface area contributed by atoms with Crippen LogP contribution in [0.25, 0.3) is 10.9 Å². The number of esters is 1. The van der Waals surface area contributed by atoms with Crippen LogP contribution >= 0.6 is 11.8 Å². The van der Waals surface area contributed by atoms with E-state index in [-0.39, 0.29) is 17.1 Å². The van der Waals surface area contributed by atoms with Gasteiger partial charge < -0.3 is 9.64 Å². The summed E-state index contributed by atoms with van der Waals surface area (Å²) in [6.07, 6.45) is 0.890. The zero-order valence-electron chi connectivity index (χ0n) is 12.9. The predicted octanol–water partition coefficient (Wildman–Crippen LogP) is 2.36. The van der Waals surface area contributed by atoms with Gasteiger partial charge in [0.25, 0.3) is 5.91 Å². The molecule has 1 saturated heterocycles. The number of benzene rings is 1. The third-order valence-corrected chi connectivity index (χ3v) is 5.17. The van der Waals surface area contributed by atoms with E-state index in [0.717, 1.165) is 17.3 Å². The van der Waals surface area contributed by atoms with Gasteiger partial charge in [0, 0.05) is 23.7 Å². The summed E-state index contributed by atoms with van der Waals surface area (Å²) < 4.78 is 4.64. The van der Waals surface area contributed by atoms with Crippen LogP contribution in [-0.2, 0) is 9.53 Å². The smallest absolute Gasteiger partial charge is 0.315 e. The molecule has 5 nitrogen and oxygen atoms in total. The molecule has 0 aliphatic carbocycles. The first kappa shape index (κ1) is 15.8. The SMILES string of the molecule is COC(=O)CS[C@@H]1CCN(C(=O)c2ccc3ccccc3n2)C1. The first-order valence-corrected chi connectivity index (χ1v) is 8.56. The molecule has 23 heavy (non-hydrogen) atoms. The average Bonchev–Trinajstić information content (AvgIpc) is 3.07. The molecule has 3 rings (SSSR count). The van der Waals surface area contributed by atoms with Gasteiger partial charge in [-0.2, -0.15) is 0 Å². The first-order chi connectivity index (χ1) is 11.2. The van der Waals surface area contributed by atoms with Gasteiger partial charge in [-0.1, -0.05) is 24.3 Å². The van der Waals surface area contributed by atoms with Gasteiger partial charge in [-0.3, -0.25) is 9.59 Å². The normalized spacial score (nSPS) is 17.4. The standard InChI is InChI=1S/C17H18N2O3S/c1-22-16(20)11-23-13-8-9-19(10-13)17(21)15-7-6-12-4-2-3-5-14(12)18-15/h2-7,13H,8-11H2,1H3/t13-/m1/s1. The number of ether oxygens (including phenoxy) is 1. The molecule has 2 aromatic rings. The maximum Gasteiger partial charge on any atom is 0.315 e. The lowest BCUT2D eigenvalue weighted by Crippen LogP contribution is -2.30. The van der Waals surface area contributed by atoms with Crippen molar-refractivity contribution in [3.63, 3.8) is 0 Å². The van der Waals surface area contributed by atoms with E-state index in [1.165, 1.54) is 7.11 Å². The van der Waals surface area contributed by atoms with E-state index < -0.39 is 0 Å². The summed E-state index contributed by atoms with van der Waals surface area (Å²) >= 11 is 1.55. The minimum Gasteiger partial charge on any atom is -0.468 e. The third kappa shape index (κ3) is 3.64. The number of fused-ring (bicyclic) bond motifs is 1. The van der Waals surface area contributed by atoms with Crippen molar-refractivity contribution >= 4 is 34.5 Å². The van der Waals surface area contributed by atoms with Crippen LogP contribution in [0.4, 0.5) is 0 Å². The van der Waals surface area contributed by atoms with Gasteiger partial charge in [0.2, 0.25) is 0 Å². The van der Waals surface area contributed by atoms with E-state index in [1.807, 2.05) is 35.2 Å². The van der Waals surface area contributed by atoms with Crippen molar-refractivity contribution < 1.29 is 14.3 Å². The number of aromatic nitrogens is 1. The Kier molecular flexibility index (Phi) is 4.81. The highest BCUT2D eigenvalue weighted by Crippen LogP contribution is 2.24. The molecule has 6 heteroatoms. The maximum atomic E-state index is 12.6. The van der Waals surface area contributed by atoms with Crippen LogP contribution in [0.2, 0.25) is 0 Å². The second-order valence-corrected chi connectivity index (χ2v) is 6.73. The molecule has 0 bridgehead atoms. The lowest BCUT2D eigenvalue weighted by Gasteiger charge is -2.16. The van der Waals surface area contributed by atoms with E-state index in [0.29, 0.717) is 24.5 Å². The second-order valence-electron chi connectivity index (χ2n) is 5.44. The molecule has 1 amide bonds. The molecule has 1 aliphatic rings. The van der Waals surface area contributed by atoms with Gasteiger partial charge in [0.05, 0.1) is 18.4 Å². The molecular formula is C17H18N2O3S. The van der Waals surface area contributed by atoms with Gasteiger partial charge >= 0.3 is 5.97 Å². The number of hydrogen-bond acceptors (Lipinski definition) is 5. The van der Waals surface area contributed by atoms with Crippen LogP contribution in [-0.4, -0.2) is 53.0 Å². The van der Waals surface area contributed by atoms with Gasteiger partial charge in [-0.05, 0) is 18.6 Å². The monoisotopic (exact) mass is 330 g/mol. The van der Waals surface area contributed by atoms with E-state index in [4.69, 9.17) is 0 Å².